The number of carbonyl (C=O) groups excluding carboxylic acids is 4. The van der Waals surface area contributed by atoms with Gasteiger partial charge in [0, 0.05) is 38.0 Å². The zero-order valence-electron chi connectivity index (χ0n) is 36.4. The van der Waals surface area contributed by atoms with Crippen LogP contribution in [0.5, 0.6) is 0 Å². The van der Waals surface area contributed by atoms with Gasteiger partial charge in [0.05, 0.1) is 7.11 Å². The lowest BCUT2D eigenvalue weighted by molar-refractivity contribution is -0.141. The van der Waals surface area contributed by atoms with Gasteiger partial charge in [-0.05, 0) is 58.2 Å². The fraction of sp³-hybridized carbons (Fsp3) is 0.864. The summed E-state index contributed by atoms with van der Waals surface area (Å²) in [7, 11) is 1.41. The Kier molecular flexibility index (Phi) is 73.7. The van der Waals surface area contributed by atoms with Gasteiger partial charge in [0.25, 0.3) is 0 Å². The van der Waals surface area contributed by atoms with Crippen molar-refractivity contribution in [2.45, 2.75) is 237 Å². The first kappa shape index (κ1) is 66.5. The molecular weight excluding hydrogens is 701 g/mol. The molecule has 9 nitrogen and oxygen atoms in total. The van der Waals surface area contributed by atoms with Crippen LogP contribution in [-0.4, -0.2) is 46.6 Å². The number of hydrogen-bond donors (Lipinski definition) is 3. The molecule has 0 spiro atoms. The highest BCUT2D eigenvalue weighted by Gasteiger charge is 2.11. The van der Waals surface area contributed by atoms with Crippen LogP contribution in [0.25, 0.3) is 0 Å². The largest absolute Gasteiger partial charge is 0.481 e. The maximum atomic E-state index is 11.8. The molecule has 1 unspecified atom stereocenters. The third-order valence-corrected chi connectivity index (χ3v) is 7.73. The van der Waals surface area contributed by atoms with Crippen LogP contribution < -0.4 is 11.5 Å². The first-order chi connectivity index (χ1) is 25.1. The molecule has 0 bridgehead atoms. The summed E-state index contributed by atoms with van der Waals surface area (Å²) in [5, 5.41) is 8.04. The van der Waals surface area contributed by atoms with E-state index < -0.39 is 5.97 Å². The first-order valence-electron chi connectivity index (χ1n) is 20.9. The molecule has 0 rings (SSSR count). The normalized spacial score (nSPS) is 9.81. The average molecular weight is 793 g/mol. The summed E-state index contributed by atoms with van der Waals surface area (Å²) >= 11 is 4.09. The number of hydrogen-bond acceptors (Lipinski definition) is 7. The van der Waals surface area contributed by atoms with Gasteiger partial charge in [-0.1, -0.05) is 159 Å². The molecule has 0 amide bonds. The van der Waals surface area contributed by atoms with E-state index >= 15 is 0 Å². The van der Waals surface area contributed by atoms with Crippen molar-refractivity contribution >= 4 is 46.6 Å². The molecule has 1 atom stereocenters. The number of carboxylic acid groups (broad SMARTS) is 1. The fourth-order valence-electron chi connectivity index (χ4n) is 4.35. The number of unbranched alkanes of at least 4 members (excludes halogenated alkanes) is 15. The maximum absolute atomic E-state index is 11.8. The SMILES string of the molecule is C.CC(C)=O.CCCCC(=O)CC.CCCCC(=O)O.CCCCC(=O)OC.CCCCCCCCCCCCCCC(C)C(=O)CCCC.NC(N)=S. The second-order valence-electron chi connectivity index (χ2n) is 13.6. The minimum absolute atomic E-state index is 0. The van der Waals surface area contributed by atoms with E-state index in [0.29, 0.717) is 36.7 Å². The van der Waals surface area contributed by atoms with Crippen LogP contribution >= 0.6 is 12.2 Å². The van der Waals surface area contributed by atoms with Gasteiger partial charge in [-0.25, -0.2) is 0 Å². The van der Waals surface area contributed by atoms with Crippen LogP contribution in [0.4, 0.5) is 0 Å². The maximum Gasteiger partial charge on any atom is 0.305 e. The fourth-order valence-corrected chi connectivity index (χ4v) is 4.35. The number of nitrogens with two attached hydrogens (primary N) is 2. The highest BCUT2D eigenvalue weighted by atomic mass is 32.1. The van der Waals surface area contributed by atoms with Crippen LogP contribution in [0, 0.1) is 5.92 Å². The number of carbonyl (C=O) groups is 5. The van der Waals surface area contributed by atoms with E-state index in [-0.39, 0.29) is 24.3 Å². The van der Waals surface area contributed by atoms with Gasteiger partial charge >= 0.3 is 11.9 Å². The molecule has 0 aliphatic heterocycles. The summed E-state index contributed by atoms with van der Waals surface area (Å²) < 4.78 is 4.41. The molecule has 0 aromatic heterocycles. The quantitative estimate of drug-likeness (QED) is 0.0414. The van der Waals surface area contributed by atoms with Crippen LogP contribution in [0.15, 0.2) is 0 Å². The van der Waals surface area contributed by atoms with Crippen molar-refractivity contribution in [3.63, 3.8) is 0 Å². The molecule has 0 radical (unpaired) electrons. The Morgan fingerprint density at radius 3 is 1.20 bits per heavy atom. The summed E-state index contributed by atoms with van der Waals surface area (Å²) in [6.45, 7) is 17.6. The zero-order valence-corrected chi connectivity index (χ0v) is 37.2. The van der Waals surface area contributed by atoms with Gasteiger partial charge in [-0.15, -0.1) is 0 Å². The van der Waals surface area contributed by atoms with E-state index in [4.69, 9.17) is 5.11 Å². The molecule has 0 aromatic rings. The van der Waals surface area contributed by atoms with Gasteiger partial charge < -0.3 is 26.1 Å². The summed E-state index contributed by atoms with van der Waals surface area (Å²) in [6.07, 6.45) is 29.1. The van der Waals surface area contributed by atoms with E-state index in [1.165, 1.54) is 98.0 Å². The molecule has 0 aliphatic carbocycles. The lowest BCUT2D eigenvalue weighted by Gasteiger charge is -2.09. The van der Waals surface area contributed by atoms with Crippen LogP contribution in [-0.2, 0) is 28.7 Å². The van der Waals surface area contributed by atoms with Crippen molar-refractivity contribution in [2.24, 2.45) is 17.4 Å². The highest BCUT2D eigenvalue weighted by Crippen LogP contribution is 2.16. The summed E-state index contributed by atoms with van der Waals surface area (Å²) in [5.74, 6) is 0.556. The van der Waals surface area contributed by atoms with E-state index in [1.54, 1.807) is 0 Å². The number of ketones is 3. The molecular formula is C44H92N2O7S. The minimum Gasteiger partial charge on any atom is -0.481 e. The van der Waals surface area contributed by atoms with E-state index in [9.17, 15) is 24.0 Å². The molecule has 0 saturated carbocycles. The van der Waals surface area contributed by atoms with Crippen molar-refractivity contribution in [2.75, 3.05) is 7.11 Å². The number of esters is 1. The molecule has 0 saturated heterocycles. The lowest BCUT2D eigenvalue weighted by atomic mass is 9.95. The van der Waals surface area contributed by atoms with Crippen molar-refractivity contribution in [1.82, 2.24) is 0 Å². The Hall–Kier alpha value is -2.36. The van der Waals surface area contributed by atoms with Crippen molar-refractivity contribution in [3.05, 3.63) is 0 Å². The topological polar surface area (TPSA) is 167 Å². The molecule has 10 heteroatoms. The minimum atomic E-state index is -0.693. The molecule has 0 fully saturated rings. The second-order valence-corrected chi connectivity index (χ2v) is 14.1. The zero-order chi connectivity index (χ0) is 42.1. The Labute approximate surface area is 340 Å². The van der Waals surface area contributed by atoms with E-state index in [2.05, 4.69) is 56.1 Å². The Bertz CT molecular complexity index is 783. The number of ether oxygens (including phenoxy) is 1. The summed E-state index contributed by atoms with van der Waals surface area (Å²) in [5.41, 5.74) is 9.24. The smallest absolute Gasteiger partial charge is 0.305 e. The van der Waals surface area contributed by atoms with Crippen molar-refractivity contribution in [3.8, 4) is 0 Å². The number of thiocarbonyl (C=S) groups is 1. The predicted octanol–water partition coefficient (Wildman–Crippen LogP) is 12.7. The summed E-state index contributed by atoms with van der Waals surface area (Å²) in [6, 6.07) is 0. The number of carboxylic acids is 1. The molecule has 0 aliphatic rings. The molecule has 0 heterocycles. The number of rotatable bonds is 27. The van der Waals surface area contributed by atoms with Crippen LogP contribution in [0.3, 0.4) is 0 Å². The second kappa shape index (κ2) is 59.9. The van der Waals surface area contributed by atoms with Crippen LogP contribution in [0.2, 0.25) is 0 Å². The third kappa shape index (κ3) is 92.5. The summed E-state index contributed by atoms with van der Waals surface area (Å²) in [4.78, 5) is 52.0. The van der Waals surface area contributed by atoms with Gasteiger partial charge in [0.2, 0.25) is 0 Å². The van der Waals surface area contributed by atoms with Crippen LogP contribution in [0.1, 0.15) is 237 Å². The number of Topliss-reactive ketones (excluding diaryl/α,β-unsaturated/α-hetero) is 3. The Balaban J connectivity index is -0.000000114. The molecule has 0 aromatic carbocycles. The molecule has 326 valence electrons. The lowest BCUT2D eigenvalue weighted by Crippen LogP contribution is -2.18. The number of aliphatic carboxylic acids is 1. The monoisotopic (exact) mass is 793 g/mol. The van der Waals surface area contributed by atoms with E-state index in [1.807, 2.05) is 20.8 Å². The average Bonchev–Trinajstić information content (AvgIpc) is 3.11. The van der Waals surface area contributed by atoms with E-state index in [0.717, 1.165) is 70.6 Å². The van der Waals surface area contributed by atoms with Gasteiger partial charge in [0.1, 0.15) is 17.3 Å². The van der Waals surface area contributed by atoms with Crippen molar-refractivity contribution < 1.29 is 33.8 Å². The first-order valence-corrected chi connectivity index (χ1v) is 21.3. The number of methoxy groups -OCH3 is 1. The van der Waals surface area contributed by atoms with Crippen molar-refractivity contribution in [1.29, 1.82) is 0 Å². The van der Waals surface area contributed by atoms with Gasteiger partial charge in [-0.3, -0.25) is 19.2 Å². The van der Waals surface area contributed by atoms with Gasteiger partial charge in [0.15, 0.2) is 5.11 Å². The Morgan fingerprint density at radius 1 is 0.574 bits per heavy atom. The molecule has 54 heavy (non-hydrogen) atoms. The standard InChI is InChI=1S/C21H42O.C7H14O.C6H12O2.C5H10O2.C3H6O.CH4N2S.CH4/c1-4-6-8-9-10-11-12-13-14-15-16-17-18-20(3)21(22)19-7-5-2;1-3-5-6-7(8)4-2;1-3-4-5-6(7)8-2;1-2-3-4-5(6)7;1-3(2)4;2-1(3)4;/h20H,4-19H2,1-3H3;3-6H2,1-2H3;3-5H2,1-2H3;2-4H2,1H3,(H,6,7);1-2H3;(H4,2,3,4);1H4. The predicted molar refractivity (Wildman–Crippen MR) is 237 cm³/mol. The highest BCUT2D eigenvalue weighted by molar-refractivity contribution is 7.80. The third-order valence-electron chi connectivity index (χ3n) is 7.73. The molecule has 5 N–H and O–H groups in total. The Morgan fingerprint density at radius 2 is 0.889 bits per heavy atom. The van der Waals surface area contributed by atoms with Gasteiger partial charge in [-0.2, -0.15) is 0 Å².